The van der Waals surface area contributed by atoms with Gasteiger partial charge < -0.3 is 24.6 Å². The van der Waals surface area contributed by atoms with Gasteiger partial charge in [0.1, 0.15) is 5.75 Å². The number of para-hydroxylation sites is 1. The molecule has 0 spiro atoms. The average Bonchev–Trinajstić information content (AvgIpc) is 3.60. The Morgan fingerprint density at radius 1 is 1.02 bits per heavy atom. The highest BCUT2D eigenvalue weighted by atomic mass is 16.7. The Kier molecular flexibility index (Phi) is 9.25. The lowest BCUT2D eigenvalue weighted by molar-refractivity contribution is -0.143. The summed E-state index contributed by atoms with van der Waals surface area (Å²) >= 11 is 0. The molecule has 0 bridgehead atoms. The molecule has 2 N–H and O–H groups in total. The van der Waals surface area contributed by atoms with Gasteiger partial charge in [0.2, 0.25) is 12.7 Å². The van der Waals surface area contributed by atoms with Crippen LogP contribution in [0.3, 0.4) is 0 Å². The standard InChI is InChI=1S/C35H42N2O6/c1-6-23-9-8-10-24(7-2)33(23)36-31(38)18-37-17-28(27-16-30-29(15-22(27)5)42-20-43-30)32(35(39)40)34(37)25-11-13-26(14-12-25)41-19-21(3)4/h8-16,21,28,32,34H,6-7,17-20H2,1-5H3,(H,36,38)(H,39,40)/t28-,32?,34+/m1/s1. The van der Waals surface area contributed by atoms with E-state index in [2.05, 4.69) is 33.0 Å². The maximum Gasteiger partial charge on any atom is 0.309 e. The van der Waals surface area contributed by atoms with Crippen molar-refractivity contribution < 1.29 is 28.9 Å². The highest BCUT2D eigenvalue weighted by Crippen LogP contribution is 2.49. The highest BCUT2D eigenvalue weighted by Gasteiger charge is 2.48. The van der Waals surface area contributed by atoms with Crippen LogP contribution in [0.2, 0.25) is 0 Å². The van der Waals surface area contributed by atoms with Crippen LogP contribution in [0.5, 0.6) is 17.2 Å². The molecule has 1 amide bonds. The van der Waals surface area contributed by atoms with Crippen molar-refractivity contribution in [3.05, 3.63) is 82.4 Å². The molecule has 0 saturated carbocycles. The fourth-order valence-electron chi connectivity index (χ4n) is 6.36. The van der Waals surface area contributed by atoms with Crippen LogP contribution in [0.4, 0.5) is 5.69 Å². The Balaban J connectivity index is 1.49. The number of carboxylic acids is 1. The number of hydrogen-bond acceptors (Lipinski definition) is 6. The summed E-state index contributed by atoms with van der Waals surface area (Å²) < 4.78 is 17.1. The largest absolute Gasteiger partial charge is 0.493 e. The van der Waals surface area contributed by atoms with E-state index in [1.165, 1.54) is 0 Å². The Morgan fingerprint density at radius 2 is 1.67 bits per heavy atom. The number of carbonyl (C=O) groups excluding carboxylic acids is 1. The monoisotopic (exact) mass is 586 g/mol. The van der Waals surface area contributed by atoms with Crippen LogP contribution in [0, 0.1) is 18.8 Å². The number of fused-ring (bicyclic) bond motifs is 1. The summed E-state index contributed by atoms with van der Waals surface area (Å²) in [7, 11) is 0. The Morgan fingerprint density at radius 3 is 2.28 bits per heavy atom. The first-order chi connectivity index (χ1) is 20.7. The van der Waals surface area contributed by atoms with Crippen LogP contribution in [0.15, 0.2) is 54.6 Å². The number of aliphatic carboxylic acids is 1. The predicted molar refractivity (Wildman–Crippen MR) is 166 cm³/mol. The van der Waals surface area contributed by atoms with Gasteiger partial charge >= 0.3 is 5.97 Å². The number of nitrogens with zero attached hydrogens (tertiary/aromatic N) is 1. The zero-order valence-corrected chi connectivity index (χ0v) is 25.7. The molecular formula is C35H42N2O6. The maximum absolute atomic E-state index is 13.7. The number of carbonyl (C=O) groups is 2. The van der Waals surface area contributed by atoms with E-state index in [1.54, 1.807) is 0 Å². The number of rotatable bonds is 11. The molecule has 8 heteroatoms. The quantitative estimate of drug-likeness (QED) is 0.270. The molecule has 0 aromatic heterocycles. The molecule has 0 radical (unpaired) electrons. The van der Waals surface area contributed by atoms with Crippen molar-refractivity contribution in [2.24, 2.45) is 11.8 Å². The minimum atomic E-state index is -0.903. The van der Waals surface area contributed by atoms with Crippen LogP contribution in [0.25, 0.3) is 0 Å². The first kappa shape index (κ1) is 30.4. The SMILES string of the molecule is CCc1cccc(CC)c1NC(=O)CN1C[C@H](c2cc3c(cc2C)OCO3)C(C(=O)O)[C@@H]1c1ccc(OCC(C)C)cc1. The summed E-state index contributed by atoms with van der Waals surface area (Å²) in [6.45, 7) is 11.5. The Labute approximate surface area is 254 Å². The van der Waals surface area contributed by atoms with Crippen molar-refractivity contribution in [2.75, 3.05) is 31.8 Å². The number of benzene rings is 3. The molecule has 1 unspecified atom stereocenters. The molecule has 43 heavy (non-hydrogen) atoms. The third-order valence-corrected chi connectivity index (χ3v) is 8.46. The van der Waals surface area contributed by atoms with Crippen LogP contribution < -0.4 is 19.5 Å². The molecule has 228 valence electrons. The van der Waals surface area contributed by atoms with Gasteiger partial charge in [-0.1, -0.05) is 58.0 Å². The number of carboxylic acid groups (broad SMARTS) is 1. The van der Waals surface area contributed by atoms with Crippen LogP contribution in [-0.4, -0.2) is 48.4 Å². The van der Waals surface area contributed by atoms with Crippen molar-refractivity contribution in [2.45, 2.75) is 59.4 Å². The van der Waals surface area contributed by atoms with Gasteiger partial charge in [-0.05, 0) is 77.8 Å². The van der Waals surface area contributed by atoms with Gasteiger partial charge in [-0.15, -0.1) is 0 Å². The van der Waals surface area contributed by atoms with Crippen LogP contribution >= 0.6 is 0 Å². The number of amides is 1. The van der Waals surface area contributed by atoms with E-state index in [-0.39, 0.29) is 25.2 Å². The summed E-state index contributed by atoms with van der Waals surface area (Å²) in [5, 5.41) is 13.9. The molecular weight excluding hydrogens is 544 g/mol. The van der Waals surface area contributed by atoms with Gasteiger partial charge in [-0.3, -0.25) is 14.5 Å². The lowest BCUT2D eigenvalue weighted by Crippen LogP contribution is -2.35. The summed E-state index contributed by atoms with van der Waals surface area (Å²) in [4.78, 5) is 28.7. The molecule has 2 heterocycles. The predicted octanol–water partition coefficient (Wildman–Crippen LogP) is 6.36. The van der Waals surface area contributed by atoms with E-state index in [0.717, 1.165) is 52.1 Å². The average molecular weight is 587 g/mol. The Bertz CT molecular complexity index is 1450. The first-order valence-corrected chi connectivity index (χ1v) is 15.2. The van der Waals surface area contributed by atoms with Gasteiger partial charge in [0.05, 0.1) is 19.1 Å². The number of aryl methyl sites for hydroxylation is 3. The normalized spacial score (nSPS) is 19.5. The van der Waals surface area contributed by atoms with Crippen molar-refractivity contribution >= 4 is 17.6 Å². The highest BCUT2D eigenvalue weighted by molar-refractivity contribution is 5.94. The van der Waals surface area contributed by atoms with Gasteiger partial charge in [0.25, 0.3) is 0 Å². The summed E-state index contributed by atoms with van der Waals surface area (Å²) in [5.74, 6) is 0.183. The molecule has 2 aliphatic rings. The number of nitrogens with one attached hydrogen (secondary N) is 1. The third-order valence-electron chi connectivity index (χ3n) is 8.46. The molecule has 1 fully saturated rings. The summed E-state index contributed by atoms with van der Waals surface area (Å²) in [6.07, 6.45) is 1.60. The van der Waals surface area contributed by atoms with Crippen LogP contribution in [-0.2, 0) is 22.4 Å². The van der Waals surface area contributed by atoms with E-state index in [1.807, 2.05) is 66.4 Å². The maximum atomic E-state index is 13.7. The second-order valence-corrected chi connectivity index (χ2v) is 11.9. The fraction of sp³-hybridized carbons (Fsp3) is 0.429. The van der Waals surface area contributed by atoms with E-state index < -0.39 is 17.9 Å². The number of anilines is 1. The number of ether oxygens (including phenoxy) is 3. The molecule has 0 aliphatic carbocycles. The molecule has 2 aliphatic heterocycles. The van der Waals surface area contributed by atoms with Crippen molar-refractivity contribution in [3.63, 3.8) is 0 Å². The lowest BCUT2D eigenvalue weighted by Gasteiger charge is -2.27. The van der Waals surface area contributed by atoms with Gasteiger partial charge in [0, 0.05) is 24.2 Å². The second-order valence-electron chi connectivity index (χ2n) is 11.9. The van der Waals surface area contributed by atoms with Gasteiger partial charge in [-0.2, -0.15) is 0 Å². The lowest BCUT2D eigenvalue weighted by atomic mass is 9.81. The smallest absolute Gasteiger partial charge is 0.309 e. The van der Waals surface area contributed by atoms with E-state index in [9.17, 15) is 14.7 Å². The molecule has 3 aromatic rings. The van der Waals surface area contributed by atoms with E-state index in [0.29, 0.717) is 30.6 Å². The van der Waals surface area contributed by atoms with Gasteiger partial charge in [-0.25, -0.2) is 0 Å². The first-order valence-electron chi connectivity index (χ1n) is 15.2. The molecule has 3 aromatic carbocycles. The number of hydrogen-bond donors (Lipinski definition) is 2. The minimum Gasteiger partial charge on any atom is -0.493 e. The van der Waals surface area contributed by atoms with Crippen molar-refractivity contribution in [1.82, 2.24) is 4.90 Å². The zero-order valence-electron chi connectivity index (χ0n) is 25.7. The topological polar surface area (TPSA) is 97.3 Å². The summed E-state index contributed by atoms with van der Waals surface area (Å²) in [6, 6.07) is 17.0. The van der Waals surface area contributed by atoms with Crippen LogP contribution in [0.1, 0.15) is 67.5 Å². The summed E-state index contributed by atoms with van der Waals surface area (Å²) in [5.41, 5.74) is 5.69. The molecule has 3 atom stereocenters. The third kappa shape index (κ3) is 6.49. The fourth-order valence-corrected chi connectivity index (χ4v) is 6.36. The second kappa shape index (κ2) is 13.1. The van der Waals surface area contributed by atoms with Crippen molar-refractivity contribution in [3.8, 4) is 17.2 Å². The van der Waals surface area contributed by atoms with Gasteiger partial charge in [0.15, 0.2) is 11.5 Å². The zero-order chi connectivity index (χ0) is 30.7. The molecule has 8 nitrogen and oxygen atoms in total. The Hall–Kier alpha value is -4.04. The molecule has 5 rings (SSSR count). The van der Waals surface area contributed by atoms with E-state index in [4.69, 9.17) is 14.2 Å². The number of likely N-dealkylation sites (tertiary alicyclic amines) is 1. The minimum absolute atomic E-state index is 0.0569. The van der Waals surface area contributed by atoms with E-state index >= 15 is 0 Å². The van der Waals surface area contributed by atoms with Crippen molar-refractivity contribution in [1.29, 1.82) is 0 Å². The molecule has 1 saturated heterocycles.